The fraction of sp³-hybridized carbons (Fsp3) is 0.222. The number of benzene rings is 1. The Kier molecular flexibility index (Phi) is 5.38. The molecule has 0 aliphatic heterocycles. The van der Waals surface area contributed by atoms with Gasteiger partial charge in [0, 0.05) is 0 Å². The van der Waals surface area contributed by atoms with E-state index < -0.39 is 0 Å². The van der Waals surface area contributed by atoms with Crippen molar-refractivity contribution >= 4 is 24.3 Å². The zero-order chi connectivity index (χ0) is 13.5. The van der Waals surface area contributed by atoms with E-state index in [1.165, 1.54) is 11.1 Å². The quantitative estimate of drug-likeness (QED) is 0.622. The molecule has 0 aromatic heterocycles. The topological polar surface area (TPSA) is 0 Å². The highest BCUT2D eigenvalue weighted by Gasteiger charge is 2.05. The zero-order valence-corrected chi connectivity index (χ0v) is 11.6. The first-order chi connectivity index (χ1) is 8.74. The standard InChI is InChI=1S/C16H16.C2H6/c1-4-13-10-15-8-6-12(3)7-9-16(15)11-14(13)5-2;1-2/h4-12H,1-2H2,3H3;1-2H3. The molecule has 2 rings (SSSR count). The third-order valence-electron chi connectivity index (χ3n) is 2.89. The van der Waals surface area contributed by atoms with Gasteiger partial charge < -0.3 is 0 Å². The molecule has 0 bridgehead atoms. The summed E-state index contributed by atoms with van der Waals surface area (Å²) in [6.07, 6.45) is 12.5. The van der Waals surface area contributed by atoms with Gasteiger partial charge in [-0.05, 0) is 40.3 Å². The van der Waals surface area contributed by atoms with E-state index in [0.29, 0.717) is 5.92 Å². The minimum absolute atomic E-state index is 0.492. The van der Waals surface area contributed by atoms with Gasteiger partial charge in [-0.15, -0.1) is 0 Å². The van der Waals surface area contributed by atoms with Gasteiger partial charge in [-0.25, -0.2) is 0 Å². The minimum Gasteiger partial charge on any atom is -0.0984 e. The second-order valence-corrected chi connectivity index (χ2v) is 4.10. The Bertz CT molecular complexity index is 442. The summed E-state index contributed by atoms with van der Waals surface area (Å²) < 4.78 is 0. The summed E-state index contributed by atoms with van der Waals surface area (Å²) >= 11 is 0. The SMILES string of the molecule is C=Cc1cc2c(cc1C=C)C=CC(C)C=C2.CC. The van der Waals surface area contributed by atoms with E-state index in [1.54, 1.807) is 0 Å². The first kappa shape index (κ1) is 14.2. The molecule has 94 valence electrons. The van der Waals surface area contributed by atoms with E-state index in [2.05, 4.69) is 56.5 Å². The molecule has 0 fully saturated rings. The van der Waals surface area contributed by atoms with Crippen LogP contribution in [0.5, 0.6) is 0 Å². The molecule has 1 aliphatic rings. The molecule has 0 heteroatoms. The van der Waals surface area contributed by atoms with Crippen molar-refractivity contribution in [1.29, 1.82) is 0 Å². The lowest BCUT2D eigenvalue weighted by atomic mass is 9.98. The molecule has 0 unspecified atom stereocenters. The van der Waals surface area contributed by atoms with Crippen LogP contribution in [-0.4, -0.2) is 0 Å². The maximum atomic E-state index is 3.84. The normalized spacial score (nSPS) is 13.1. The number of rotatable bonds is 2. The molecule has 1 aromatic carbocycles. The van der Waals surface area contributed by atoms with Gasteiger partial charge in [-0.2, -0.15) is 0 Å². The van der Waals surface area contributed by atoms with Crippen LogP contribution in [0.25, 0.3) is 24.3 Å². The molecule has 0 N–H and O–H groups in total. The van der Waals surface area contributed by atoms with Gasteiger partial charge in [0.05, 0.1) is 0 Å². The molecule has 0 spiro atoms. The van der Waals surface area contributed by atoms with Crippen molar-refractivity contribution in [3.63, 3.8) is 0 Å². The average molecular weight is 238 g/mol. The Morgan fingerprint density at radius 3 is 1.61 bits per heavy atom. The van der Waals surface area contributed by atoms with Crippen LogP contribution >= 0.6 is 0 Å². The third kappa shape index (κ3) is 3.10. The highest BCUT2D eigenvalue weighted by atomic mass is 14.1. The van der Waals surface area contributed by atoms with Gasteiger partial charge in [0.2, 0.25) is 0 Å². The van der Waals surface area contributed by atoms with Crippen LogP contribution in [0.15, 0.2) is 37.4 Å². The summed E-state index contributed by atoms with van der Waals surface area (Å²) in [5.41, 5.74) is 4.78. The summed E-state index contributed by atoms with van der Waals surface area (Å²) in [4.78, 5) is 0. The highest BCUT2D eigenvalue weighted by Crippen LogP contribution is 2.25. The predicted octanol–water partition coefficient (Wildman–Crippen LogP) is 5.67. The van der Waals surface area contributed by atoms with E-state index in [9.17, 15) is 0 Å². The van der Waals surface area contributed by atoms with Gasteiger partial charge in [0.25, 0.3) is 0 Å². The van der Waals surface area contributed by atoms with E-state index in [4.69, 9.17) is 0 Å². The molecule has 0 amide bonds. The molecule has 0 nitrogen and oxygen atoms in total. The molecular formula is C18H22. The Balaban J connectivity index is 0.000000771. The largest absolute Gasteiger partial charge is 0.0984 e. The Labute approximate surface area is 111 Å². The first-order valence-corrected chi connectivity index (χ1v) is 6.54. The van der Waals surface area contributed by atoms with Gasteiger partial charge in [0.1, 0.15) is 0 Å². The number of hydrogen-bond donors (Lipinski definition) is 0. The van der Waals surface area contributed by atoms with Crippen LogP contribution in [-0.2, 0) is 0 Å². The maximum Gasteiger partial charge on any atom is -0.00752 e. The van der Waals surface area contributed by atoms with Crippen molar-refractivity contribution in [1.82, 2.24) is 0 Å². The van der Waals surface area contributed by atoms with Crippen molar-refractivity contribution in [2.45, 2.75) is 20.8 Å². The van der Waals surface area contributed by atoms with Crippen LogP contribution in [0.2, 0.25) is 0 Å². The summed E-state index contributed by atoms with van der Waals surface area (Å²) in [6.45, 7) is 13.9. The fourth-order valence-corrected chi connectivity index (χ4v) is 1.89. The molecule has 18 heavy (non-hydrogen) atoms. The molecule has 0 atom stereocenters. The Hall–Kier alpha value is -1.82. The second-order valence-electron chi connectivity index (χ2n) is 4.10. The number of allylic oxidation sites excluding steroid dienone is 2. The average Bonchev–Trinajstić information content (AvgIpc) is 2.61. The summed E-state index contributed by atoms with van der Waals surface area (Å²) in [5, 5.41) is 0. The molecule has 1 aliphatic carbocycles. The van der Waals surface area contributed by atoms with Gasteiger partial charge >= 0.3 is 0 Å². The fourth-order valence-electron chi connectivity index (χ4n) is 1.89. The van der Waals surface area contributed by atoms with Crippen LogP contribution in [0.4, 0.5) is 0 Å². The first-order valence-electron chi connectivity index (χ1n) is 6.54. The van der Waals surface area contributed by atoms with Crippen molar-refractivity contribution in [2.75, 3.05) is 0 Å². The summed E-state index contributed by atoms with van der Waals surface area (Å²) in [7, 11) is 0. The Morgan fingerprint density at radius 2 is 1.28 bits per heavy atom. The monoisotopic (exact) mass is 238 g/mol. The van der Waals surface area contributed by atoms with E-state index >= 15 is 0 Å². The summed E-state index contributed by atoms with van der Waals surface area (Å²) in [6, 6.07) is 4.33. The number of fused-ring (bicyclic) bond motifs is 1. The molecule has 0 radical (unpaired) electrons. The van der Waals surface area contributed by atoms with Crippen LogP contribution in [0.1, 0.15) is 43.0 Å². The van der Waals surface area contributed by atoms with Crippen molar-refractivity contribution in [3.05, 3.63) is 59.7 Å². The zero-order valence-electron chi connectivity index (χ0n) is 11.6. The maximum absolute atomic E-state index is 3.84. The number of hydrogen-bond acceptors (Lipinski definition) is 0. The minimum atomic E-state index is 0.492. The van der Waals surface area contributed by atoms with Crippen LogP contribution in [0, 0.1) is 5.92 Å². The molecule has 0 heterocycles. The predicted molar refractivity (Wildman–Crippen MR) is 85.2 cm³/mol. The smallest absolute Gasteiger partial charge is 0.00752 e. The lowest BCUT2D eigenvalue weighted by molar-refractivity contribution is 0.954. The van der Waals surface area contributed by atoms with Gasteiger partial charge in [0.15, 0.2) is 0 Å². The van der Waals surface area contributed by atoms with Crippen molar-refractivity contribution in [3.8, 4) is 0 Å². The van der Waals surface area contributed by atoms with Crippen LogP contribution in [0.3, 0.4) is 0 Å². The van der Waals surface area contributed by atoms with E-state index in [1.807, 2.05) is 26.0 Å². The molecular weight excluding hydrogens is 216 g/mol. The van der Waals surface area contributed by atoms with Crippen LogP contribution < -0.4 is 0 Å². The molecule has 0 saturated heterocycles. The second kappa shape index (κ2) is 6.80. The molecule has 0 saturated carbocycles. The third-order valence-corrected chi connectivity index (χ3v) is 2.89. The lowest BCUT2D eigenvalue weighted by Gasteiger charge is -2.06. The lowest BCUT2D eigenvalue weighted by Crippen LogP contribution is -1.87. The molecule has 1 aromatic rings. The summed E-state index contributed by atoms with van der Waals surface area (Å²) in [5.74, 6) is 0.492. The van der Waals surface area contributed by atoms with Crippen molar-refractivity contribution in [2.24, 2.45) is 5.92 Å². The van der Waals surface area contributed by atoms with Crippen molar-refractivity contribution < 1.29 is 0 Å². The van der Waals surface area contributed by atoms with E-state index in [0.717, 1.165) is 11.1 Å². The van der Waals surface area contributed by atoms with Gasteiger partial charge in [-0.1, -0.05) is 70.4 Å². The van der Waals surface area contributed by atoms with E-state index in [-0.39, 0.29) is 0 Å². The highest BCUT2D eigenvalue weighted by molar-refractivity contribution is 5.75. The Morgan fingerprint density at radius 1 is 0.889 bits per heavy atom. The van der Waals surface area contributed by atoms with Gasteiger partial charge in [-0.3, -0.25) is 0 Å².